The summed E-state index contributed by atoms with van der Waals surface area (Å²) in [6.07, 6.45) is 1.57. The summed E-state index contributed by atoms with van der Waals surface area (Å²) < 4.78 is 51.9. The average Bonchev–Trinajstić information content (AvgIpc) is 3.31. The molecule has 0 radical (unpaired) electrons. The number of methoxy groups -OCH3 is 1. The summed E-state index contributed by atoms with van der Waals surface area (Å²) in [5.41, 5.74) is 3.86. The second-order valence-corrected chi connectivity index (χ2v) is 11.3. The van der Waals surface area contributed by atoms with Crippen LogP contribution in [0.25, 0.3) is 31.8 Å². The van der Waals surface area contributed by atoms with E-state index in [-0.39, 0.29) is 18.0 Å². The van der Waals surface area contributed by atoms with Gasteiger partial charge in [-0.25, -0.2) is 32.5 Å². The Hall–Kier alpha value is -3.38. The van der Waals surface area contributed by atoms with Gasteiger partial charge in [0, 0.05) is 18.2 Å². The highest BCUT2D eigenvalue weighted by atomic mass is 35.5. The van der Waals surface area contributed by atoms with Gasteiger partial charge in [0.25, 0.3) is 0 Å². The Balaban J connectivity index is 1.35. The second-order valence-electron chi connectivity index (χ2n) is 8.06. The van der Waals surface area contributed by atoms with Crippen molar-refractivity contribution in [3.8, 4) is 22.2 Å². The van der Waals surface area contributed by atoms with Crippen molar-refractivity contribution in [2.24, 2.45) is 0 Å². The molecule has 12 heteroatoms. The molecule has 3 aromatic carbocycles. The number of thiazole rings is 1. The van der Waals surface area contributed by atoms with Crippen LogP contribution in [0.4, 0.5) is 4.39 Å². The van der Waals surface area contributed by atoms with Crippen LogP contribution in [0, 0.1) is 12.7 Å². The lowest BCUT2D eigenvalue weighted by Crippen LogP contribution is -2.28. The number of sulfonamides is 1. The van der Waals surface area contributed by atoms with Gasteiger partial charge in [-0.15, -0.1) is 11.3 Å². The molecule has 0 unspecified atom stereocenters. The van der Waals surface area contributed by atoms with E-state index >= 15 is 0 Å². The van der Waals surface area contributed by atoms with Crippen molar-refractivity contribution in [2.45, 2.75) is 11.8 Å². The first kappa shape index (κ1) is 25.3. The predicted molar refractivity (Wildman–Crippen MR) is 142 cm³/mol. The fourth-order valence-electron chi connectivity index (χ4n) is 3.71. The number of aromatic nitrogens is 3. The summed E-state index contributed by atoms with van der Waals surface area (Å²) in [5, 5.41) is 1.14. The lowest BCUT2D eigenvalue weighted by Gasteiger charge is -2.09. The zero-order valence-corrected chi connectivity index (χ0v) is 22.0. The van der Waals surface area contributed by atoms with Crippen molar-refractivity contribution >= 4 is 54.2 Å². The van der Waals surface area contributed by atoms with Gasteiger partial charge in [-0.05, 0) is 55.0 Å². The number of fused-ring (bicyclic) bond motifs is 2. The molecule has 0 bridgehead atoms. The SMILES string of the molecule is COc1cnc2c(-c3nc4c(Cl)cc(OCCNS(=O)(=O)c5ccc(F)cc5)cc4s3)cc(C)cc2n1. The molecule has 190 valence electrons. The molecule has 0 atom stereocenters. The molecule has 0 fully saturated rings. The standard InChI is InChI=1S/C25H20ClFN4O4S2/c1-14-9-18(23-20(10-14)30-22(34-2)13-28-23)25-31-24-19(26)11-16(12-21(24)36-25)35-8-7-29-37(32,33)17-5-3-15(27)4-6-17/h3-6,9-13,29H,7-8H2,1-2H3. The number of aryl methyl sites for hydroxylation is 1. The summed E-state index contributed by atoms with van der Waals surface area (Å²) >= 11 is 7.95. The van der Waals surface area contributed by atoms with E-state index in [1.165, 1.54) is 23.5 Å². The van der Waals surface area contributed by atoms with Crippen molar-refractivity contribution in [3.05, 3.63) is 71.1 Å². The maximum atomic E-state index is 13.1. The van der Waals surface area contributed by atoms with Gasteiger partial charge in [0.05, 0.1) is 39.0 Å². The van der Waals surface area contributed by atoms with Crippen LogP contribution in [-0.4, -0.2) is 43.6 Å². The first-order valence-corrected chi connectivity index (χ1v) is 13.7. The molecule has 0 spiro atoms. The van der Waals surface area contributed by atoms with Crippen LogP contribution in [0.1, 0.15) is 5.56 Å². The van der Waals surface area contributed by atoms with Crippen molar-refractivity contribution in [1.82, 2.24) is 19.7 Å². The van der Waals surface area contributed by atoms with E-state index in [1.807, 2.05) is 25.1 Å². The summed E-state index contributed by atoms with van der Waals surface area (Å²) in [5.74, 6) is 0.398. The van der Waals surface area contributed by atoms with E-state index in [0.29, 0.717) is 33.2 Å². The predicted octanol–water partition coefficient (Wildman–Crippen LogP) is 5.37. The number of nitrogens with one attached hydrogen (secondary N) is 1. The minimum atomic E-state index is -3.78. The van der Waals surface area contributed by atoms with Crippen molar-refractivity contribution < 1.29 is 22.3 Å². The van der Waals surface area contributed by atoms with Crippen molar-refractivity contribution in [1.29, 1.82) is 0 Å². The molecule has 2 heterocycles. The number of benzene rings is 3. The van der Waals surface area contributed by atoms with Crippen molar-refractivity contribution in [2.75, 3.05) is 20.3 Å². The fraction of sp³-hybridized carbons (Fsp3) is 0.160. The highest BCUT2D eigenvalue weighted by molar-refractivity contribution is 7.89. The Morgan fingerprint density at radius 3 is 2.62 bits per heavy atom. The first-order chi connectivity index (χ1) is 17.7. The lowest BCUT2D eigenvalue weighted by molar-refractivity contribution is 0.323. The topological polar surface area (TPSA) is 103 Å². The summed E-state index contributed by atoms with van der Waals surface area (Å²) in [6.45, 7) is 2.05. The largest absolute Gasteiger partial charge is 0.492 e. The molecule has 0 saturated carbocycles. The number of hydrogen-bond acceptors (Lipinski definition) is 8. The monoisotopic (exact) mass is 558 g/mol. The summed E-state index contributed by atoms with van der Waals surface area (Å²) in [4.78, 5) is 13.7. The van der Waals surface area contributed by atoms with Crippen LogP contribution in [0.5, 0.6) is 11.6 Å². The van der Waals surface area contributed by atoms with Gasteiger partial charge < -0.3 is 9.47 Å². The van der Waals surface area contributed by atoms with Crippen LogP contribution >= 0.6 is 22.9 Å². The highest BCUT2D eigenvalue weighted by Crippen LogP contribution is 2.39. The molecule has 37 heavy (non-hydrogen) atoms. The summed E-state index contributed by atoms with van der Waals surface area (Å²) in [6, 6.07) is 12.0. The maximum absolute atomic E-state index is 13.1. The molecule has 0 aliphatic rings. The number of rotatable bonds is 8. The molecule has 1 N–H and O–H groups in total. The molecular formula is C25H20ClFN4O4S2. The maximum Gasteiger partial charge on any atom is 0.240 e. The van der Waals surface area contributed by atoms with Gasteiger partial charge in [-0.1, -0.05) is 11.6 Å². The third kappa shape index (κ3) is 5.35. The second kappa shape index (κ2) is 10.2. The molecule has 0 amide bonds. The first-order valence-electron chi connectivity index (χ1n) is 11.0. The smallest absolute Gasteiger partial charge is 0.240 e. The Labute approximate surface area is 221 Å². The third-order valence-corrected chi connectivity index (χ3v) is 8.22. The molecule has 2 aromatic heterocycles. The molecule has 0 saturated heterocycles. The Bertz CT molecular complexity index is 1730. The van der Waals surface area contributed by atoms with E-state index < -0.39 is 15.8 Å². The molecule has 0 aliphatic carbocycles. The van der Waals surface area contributed by atoms with E-state index in [1.54, 1.807) is 19.4 Å². The van der Waals surface area contributed by atoms with Crippen molar-refractivity contribution in [3.63, 3.8) is 0 Å². The van der Waals surface area contributed by atoms with Crippen LogP contribution < -0.4 is 14.2 Å². The van der Waals surface area contributed by atoms with Gasteiger partial charge in [-0.3, -0.25) is 0 Å². The fourth-order valence-corrected chi connectivity index (χ4v) is 6.07. The molecule has 5 rings (SSSR count). The molecular weight excluding hydrogens is 539 g/mol. The normalized spacial score (nSPS) is 11.8. The van der Waals surface area contributed by atoms with E-state index in [2.05, 4.69) is 14.7 Å². The van der Waals surface area contributed by atoms with E-state index in [9.17, 15) is 12.8 Å². The average molecular weight is 559 g/mol. The molecule has 0 aliphatic heterocycles. The number of ether oxygens (including phenoxy) is 2. The van der Waals surface area contributed by atoms with E-state index in [4.69, 9.17) is 26.1 Å². The van der Waals surface area contributed by atoms with E-state index in [0.717, 1.165) is 33.0 Å². The molecule has 8 nitrogen and oxygen atoms in total. The number of nitrogens with zero attached hydrogens (tertiary/aromatic N) is 3. The minimum Gasteiger partial charge on any atom is -0.492 e. The number of hydrogen-bond donors (Lipinski definition) is 1. The zero-order chi connectivity index (χ0) is 26.2. The Morgan fingerprint density at radius 2 is 1.86 bits per heavy atom. The van der Waals surface area contributed by atoms with Gasteiger partial charge >= 0.3 is 0 Å². The minimum absolute atomic E-state index is 0.0146. The van der Waals surface area contributed by atoms with Crippen LogP contribution in [-0.2, 0) is 10.0 Å². The third-order valence-electron chi connectivity index (χ3n) is 5.42. The number of halogens is 2. The summed E-state index contributed by atoms with van der Waals surface area (Å²) in [7, 11) is -2.23. The zero-order valence-electron chi connectivity index (χ0n) is 19.7. The van der Waals surface area contributed by atoms with Gasteiger partial charge in [0.2, 0.25) is 15.9 Å². The molecule has 5 aromatic rings. The lowest BCUT2D eigenvalue weighted by atomic mass is 10.1. The van der Waals surface area contributed by atoms with Crippen LogP contribution in [0.3, 0.4) is 0 Å². The Kier molecular flexibility index (Phi) is 6.95. The highest BCUT2D eigenvalue weighted by Gasteiger charge is 2.17. The Morgan fingerprint density at radius 1 is 1.08 bits per heavy atom. The quantitative estimate of drug-likeness (QED) is 0.255. The van der Waals surface area contributed by atoms with Gasteiger partial charge in [-0.2, -0.15) is 0 Å². The van der Waals surface area contributed by atoms with Crippen LogP contribution in [0.15, 0.2) is 59.6 Å². The van der Waals surface area contributed by atoms with Gasteiger partial charge in [0.15, 0.2) is 0 Å². The van der Waals surface area contributed by atoms with Gasteiger partial charge in [0.1, 0.15) is 28.7 Å². The van der Waals surface area contributed by atoms with Crippen LogP contribution in [0.2, 0.25) is 5.02 Å².